The Morgan fingerprint density at radius 3 is 2.45 bits per heavy atom. The number of rotatable bonds is 4. The van der Waals surface area contributed by atoms with Gasteiger partial charge in [0.1, 0.15) is 12.4 Å². The van der Waals surface area contributed by atoms with E-state index in [1.54, 1.807) is 24.3 Å². The van der Waals surface area contributed by atoms with Crippen LogP contribution in [0.15, 0.2) is 40.9 Å². The maximum atomic E-state index is 13.5. The zero-order valence-electron chi connectivity index (χ0n) is 10.3. The fourth-order valence-corrected chi connectivity index (χ4v) is 1.99. The summed E-state index contributed by atoms with van der Waals surface area (Å²) in [6.07, 6.45) is 0. The summed E-state index contributed by atoms with van der Waals surface area (Å²) in [4.78, 5) is 0. The number of nitrogens with one attached hydrogen (secondary N) is 1. The molecule has 0 heterocycles. The smallest absolute Gasteiger partial charge is 0.200 e. The van der Waals surface area contributed by atoms with E-state index in [0.29, 0.717) is 10.0 Å². The molecule has 20 heavy (non-hydrogen) atoms. The quantitative estimate of drug-likeness (QED) is 0.507. The molecule has 104 valence electrons. The minimum Gasteiger partial charge on any atom is -0.486 e. The van der Waals surface area contributed by atoms with Crippen LogP contribution >= 0.6 is 15.9 Å². The van der Waals surface area contributed by atoms with E-state index in [9.17, 15) is 8.78 Å². The van der Waals surface area contributed by atoms with Gasteiger partial charge in [-0.2, -0.15) is 4.39 Å². The van der Waals surface area contributed by atoms with E-state index in [-0.39, 0.29) is 18.2 Å². The zero-order valence-corrected chi connectivity index (χ0v) is 11.9. The van der Waals surface area contributed by atoms with Crippen molar-refractivity contribution in [3.8, 4) is 5.75 Å². The summed E-state index contributed by atoms with van der Waals surface area (Å²) in [5.74, 6) is -2.18. The minimum atomic E-state index is -1.02. The number of ether oxygens (including phenoxy) is 1. The van der Waals surface area contributed by atoms with E-state index >= 15 is 0 Å². The molecule has 0 aliphatic heterocycles. The van der Waals surface area contributed by atoms with Crippen LogP contribution in [0.3, 0.4) is 0 Å². The van der Waals surface area contributed by atoms with Crippen LogP contribution < -0.4 is 10.5 Å². The van der Waals surface area contributed by atoms with Gasteiger partial charge in [-0.25, -0.2) is 4.39 Å². The molecule has 0 saturated heterocycles. The molecule has 2 aromatic carbocycles. The van der Waals surface area contributed by atoms with Gasteiger partial charge in [0.2, 0.25) is 5.82 Å². The standard InChI is InChI=1S/C14H11BrF2N2O/c15-10-5-11(16)13(17)12(6-10)20-7-8-1-3-9(4-2-8)14(18)19/h1-6H,7H2,(H3,18,19). The van der Waals surface area contributed by atoms with Crippen molar-refractivity contribution in [1.82, 2.24) is 0 Å². The Bertz CT molecular complexity index is 644. The average molecular weight is 341 g/mol. The largest absolute Gasteiger partial charge is 0.486 e. The summed E-state index contributed by atoms with van der Waals surface area (Å²) >= 11 is 3.07. The summed E-state index contributed by atoms with van der Waals surface area (Å²) in [6.45, 7) is 0.0883. The fraction of sp³-hybridized carbons (Fsp3) is 0.0714. The van der Waals surface area contributed by atoms with E-state index < -0.39 is 11.6 Å². The molecule has 0 atom stereocenters. The van der Waals surface area contributed by atoms with Crippen molar-refractivity contribution in [2.45, 2.75) is 6.61 Å². The molecule has 2 aromatic rings. The molecule has 0 spiro atoms. The lowest BCUT2D eigenvalue weighted by atomic mass is 10.1. The highest BCUT2D eigenvalue weighted by molar-refractivity contribution is 9.10. The number of nitrogens with two attached hydrogens (primary N) is 1. The van der Waals surface area contributed by atoms with Crippen molar-refractivity contribution < 1.29 is 13.5 Å². The molecule has 0 fully saturated rings. The van der Waals surface area contributed by atoms with E-state index in [0.717, 1.165) is 11.6 Å². The molecule has 0 aliphatic rings. The second-order valence-electron chi connectivity index (χ2n) is 4.10. The lowest BCUT2D eigenvalue weighted by Gasteiger charge is -2.09. The van der Waals surface area contributed by atoms with Crippen LogP contribution in [-0.2, 0) is 6.61 Å². The van der Waals surface area contributed by atoms with Crippen molar-refractivity contribution in [2.24, 2.45) is 5.73 Å². The molecule has 0 aromatic heterocycles. The van der Waals surface area contributed by atoms with Gasteiger partial charge in [0, 0.05) is 10.0 Å². The first-order valence-electron chi connectivity index (χ1n) is 5.68. The second-order valence-corrected chi connectivity index (χ2v) is 5.01. The molecule has 6 heteroatoms. The maximum Gasteiger partial charge on any atom is 0.200 e. The summed E-state index contributed by atoms with van der Waals surface area (Å²) < 4.78 is 32.3. The lowest BCUT2D eigenvalue weighted by molar-refractivity contribution is 0.284. The van der Waals surface area contributed by atoms with Crippen molar-refractivity contribution in [3.05, 3.63) is 63.6 Å². The first-order valence-corrected chi connectivity index (χ1v) is 6.47. The molecule has 3 N–H and O–H groups in total. The molecule has 0 saturated carbocycles. The van der Waals surface area contributed by atoms with Gasteiger partial charge < -0.3 is 10.5 Å². The van der Waals surface area contributed by atoms with Crippen LogP contribution in [0.5, 0.6) is 5.75 Å². The number of halogens is 3. The molecule has 0 unspecified atom stereocenters. The Labute approximate surface area is 123 Å². The van der Waals surface area contributed by atoms with Crippen LogP contribution in [-0.4, -0.2) is 5.84 Å². The predicted octanol–water partition coefficient (Wildman–Crippen LogP) is 3.59. The third-order valence-corrected chi connectivity index (χ3v) is 3.08. The van der Waals surface area contributed by atoms with Crippen molar-refractivity contribution in [3.63, 3.8) is 0 Å². The molecule has 0 bridgehead atoms. The topological polar surface area (TPSA) is 59.1 Å². The van der Waals surface area contributed by atoms with Crippen molar-refractivity contribution in [2.75, 3.05) is 0 Å². The van der Waals surface area contributed by atoms with E-state index in [4.69, 9.17) is 15.9 Å². The second kappa shape index (κ2) is 6.00. The highest BCUT2D eigenvalue weighted by Gasteiger charge is 2.11. The van der Waals surface area contributed by atoms with Crippen molar-refractivity contribution in [1.29, 1.82) is 5.41 Å². The van der Waals surface area contributed by atoms with Crippen molar-refractivity contribution >= 4 is 21.8 Å². The fourth-order valence-electron chi connectivity index (χ4n) is 1.58. The summed E-state index contributed by atoms with van der Waals surface area (Å²) in [6, 6.07) is 9.15. The number of nitrogen functional groups attached to an aromatic ring is 1. The third-order valence-electron chi connectivity index (χ3n) is 2.62. The van der Waals surface area contributed by atoms with Crippen LogP contribution in [0.1, 0.15) is 11.1 Å². The minimum absolute atomic E-state index is 0.0300. The van der Waals surface area contributed by atoms with Crippen LogP contribution in [0.25, 0.3) is 0 Å². The summed E-state index contributed by atoms with van der Waals surface area (Å²) in [5, 5.41) is 7.27. The predicted molar refractivity (Wildman–Crippen MR) is 75.8 cm³/mol. The third kappa shape index (κ3) is 3.33. The molecule has 2 rings (SSSR count). The number of hydrogen-bond donors (Lipinski definition) is 2. The Balaban J connectivity index is 2.11. The maximum absolute atomic E-state index is 13.5. The normalized spacial score (nSPS) is 10.3. The van der Waals surface area contributed by atoms with Gasteiger partial charge in [0.15, 0.2) is 11.6 Å². The Hall–Kier alpha value is -1.95. The van der Waals surface area contributed by atoms with Crippen LogP contribution in [0.4, 0.5) is 8.78 Å². The monoisotopic (exact) mass is 340 g/mol. The van der Waals surface area contributed by atoms with Gasteiger partial charge >= 0.3 is 0 Å². The van der Waals surface area contributed by atoms with Crippen LogP contribution in [0.2, 0.25) is 0 Å². The number of amidine groups is 1. The molecular weight excluding hydrogens is 330 g/mol. The van der Waals surface area contributed by atoms with E-state index in [1.165, 1.54) is 6.07 Å². The molecule has 3 nitrogen and oxygen atoms in total. The van der Waals surface area contributed by atoms with Gasteiger partial charge in [0.25, 0.3) is 0 Å². The first kappa shape index (κ1) is 14.5. The molecule has 0 amide bonds. The van der Waals surface area contributed by atoms with Gasteiger partial charge in [-0.3, -0.25) is 5.41 Å². The number of benzene rings is 2. The molecular formula is C14H11BrF2N2O. The highest BCUT2D eigenvalue weighted by Crippen LogP contribution is 2.26. The van der Waals surface area contributed by atoms with Gasteiger partial charge in [-0.1, -0.05) is 40.2 Å². The zero-order chi connectivity index (χ0) is 14.7. The van der Waals surface area contributed by atoms with Gasteiger partial charge in [0.05, 0.1) is 0 Å². The number of hydrogen-bond acceptors (Lipinski definition) is 2. The van der Waals surface area contributed by atoms with E-state index in [1.807, 2.05) is 0 Å². The van der Waals surface area contributed by atoms with Crippen LogP contribution in [0, 0.1) is 17.0 Å². The Morgan fingerprint density at radius 2 is 1.85 bits per heavy atom. The molecule has 0 radical (unpaired) electrons. The van der Waals surface area contributed by atoms with Gasteiger partial charge in [-0.15, -0.1) is 0 Å². The van der Waals surface area contributed by atoms with Gasteiger partial charge in [-0.05, 0) is 17.7 Å². The summed E-state index contributed by atoms with van der Waals surface area (Å²) in [5.41, 5.74) is 6.69. The SMILES string of the molecule is N=C(N)c1ccc(COc2cc(Br)cc(F)c2F)cc1. The average Bonchev–Trinajstić information content (AvgIpc) is 2.41. The summed E-state index contributed by atoms with van der Waals surface area (Å²) in [7, 11) is 0. The Morgan fingerprint density at radius 1 is 1.20 bits per heavy atom. The lowest BCUT2D eigenvalue weighted by Crippen LogP contribution is -2.10. The highest BCUT2D eigenvalue weighted by atomic mass is 79.9. The van der Waals surface area contributed by atoms with E-state index in [2.05, 4.69) is 15.9 Å². The Kier molecular flexibility index (Phi) is 4.34. The first-order chi connectivity index (χ1) is 9.47. The molecule has 0 aliphatic carbocycles.